The standard InChI is InChI=1S/C20H25N3O3S/c1-27(25,26)23(19-8-4-2-5-9-19)16-20(24)21-17-10-12-18(13-11-17)22-14-6-3-7-15-22/h2,4-5,8-13H,3,6-7,14-16H2,1H3,(H,21,24). The van der Waals surface area contributed by atoms with Crippen molar-refractivity contribution >= 4 is 33.0 Å². The smallest absolute Gasteiger partial charge is 0.245 e. The molecule has 0 aliphatic carbocycles. The summed E-state index contributed by atoms with van der Waals surface area (Å²) in [4.78, 5) is 14.7. The van der Waals surface area contributed by atoms with Gasteiger partial charge in [-0.3, -0.25) is 9.10 Å². The number of carbonyl (C=O) groups excluding carboxylic acids is 1. The molecule has 1 aliphatic rings. The first-order valence-corrected chi connectivity index (χ1v) is 11.0. The Bertz CT molecular complexity index is 861. The first-order chi connectivity index (χ1) is 12.9. The van der Waals surface area contributed by atoms with Crippen LogP contribution in [-0.4, -0.2) is 40.2 Å². The molecule has 1 fully saturated rings. The Hall–Kier alpha value is -2.54. The van der Waals surface area contributed by atoms with E-state index in [1.54, 1.807) is 30.3 Å². The van der Waals surface area contributed by atoms with Crippen molar-refractivity contribution in [3.8, 4) is 0 Å². The summed E-state index contributed by atoms with van der Waals surface area (Å²) in [6.07, 6.45) is 4.79. The van der Waals surface area contributed by atoms with Crippen molar-refractivity contribution in [2.24, 2.45) is 0 Å². The molecule has 1 aliphatic heterocycles. The highest BCUT2D eigenvalue weighted by atomic mass is 32.2. The molecule has 3 rings (SSSR count). The first kappa shape index (κ1) is 19.2. The number of benzene rings is 2. The van der Waals surface area contributed by atoms with E-state index in [0.29, 0.717) is 11.4 Å². The van der Waals surface area contributed by atoms with E-state index in [0.717, 1.165) is 29.3 Å². The molecule has 144 valence electrons. The molecule has 27 heavy (non-hydrogen) atoms. The minimum atomic E-state index is -3.56. The summed E-state index contributed by atoms with van der Waals surface area (Å²) < 4.78 is 25.3. The van der Waals surface area contributed by atoms with E-state index in [-0.39, 0.29) is 12.5 Å². The minimum absolute atomic E-state index is 0.267. The highest BCUT2D eigenvalue weighted by Gasteiger charge is 2.20. The lowest BCUT2D eigenvalue weighted by atomic mass is 10.1. The highest BCUT2D eigenvalue weighted by Crippen LogP contribution is 2.22. The van der Waals surface area contributed by atoms with Gasteiger partial charge in [-0.05, 0) is 55.7 Å². The third-order valence-electron chi connectivity index (χ3n) is 4.60. The normalized spacial score (nSPS) is 14.6. The average Bonchev–Trinajstić information content (AvgIpc) is 2.67. The van der Waals surface area contributed by atoms with E-state index in [9.17, 15) is 13.2 Å². The van der Waals surface area contributed by atoms with Crippen LogP contribution in [0.4, 0.5) is 17.1 Å². The van der Waals surface area contributed by atoms with Crippen LogP contribution in [0.5, 0.6) is 0 Å². The quantitative estimate of drug-likeness (QED) is 0.827. The van der Waals surface area contributed by atoms with Gasteiger partial charge in [0.25, 0.3) is 0 Å². The maximum Gasteiger partial charge on any atom is 0.245 e. The van der Waals surface area contributed by atoms with Crippen LogP contribution in [0, 0.1) is 0 Å². The lowest BCUT2D eigenvalue weighted by molar-refractivity contribution is -0.114. The number of carbonyl (C=O) groups is 1. The van der Waals surface area contributed by atoms with E-state index in [1.807, 2.05) is 24.3 Å². The number of rotatable bonds is 6. The number of anilines is 3. The second-order valence-electron chi connectivity index (χ2n) is 6.75. The maximum absolute atomic E-state index is 12.4. The van der Waals surface area contributed by atoms with Gasteiger partial charge in [-0.2, -0.15) is 0 Å². The second kappa shape index (κ2) is 8.43. The first-order valence-electron chi connectivity index (χ1n) is 9.11. The molecular weight excluding hydrogens is 362 g/mol. The summed E-state index contributed by atoms with van der Waals surface area (Å²) in [5.41, 5.74) is 2.27. The molecule has 1 amide bonds. The molecule has 0 radical (unpaired) electrons. The fourth-order valence-corrected chi connectivity index (χ4v) is 4.09. The Balaban J connectivity index is 1.65. The third-order valence-corrected chi connectivity index (χ3v) is 5.74. The third kappa shape index (κ3) is 5.23. The van der Waals surface area contributed by atoms with Crippen LogP contribution in [0.25, 0.3) is 0 Å². The highest BCUT2D eigenvalue weighted by molar-refractivity contribution is 7.92. The van der Waals surface area contributed by atoms with Crippen molar-refractivity contribution in [1.82, 2.24) is 0 Å². The molecule has 0 unspecified atom stereocenters. The van der Waals surface area contributed by atoms with Crippen molar-refractivity contribution < 1.29 is 13.2 Å². The number of hydrogen-bond donors (Lipinski definition) is 1. The van der Waals surface area contributed by atoms with Crippen molar-refractivity contribution in [3.05, 3.63) is 54.6 Å². The minimum Gasteiger partial charge on any atom is -0.372 e. The number of para-hydroxylation sites is 1. The Labute approximate surface area is 160 Å². The van der Waals surface area contributed by atoms with Gasteiger partial charge in [0.2, 0.25) is 15.9 Å². The Morgan fingerprint density at radius 2 is 1.63 bits per heavy atom. The summed E-state index contributed by atoms with van der Waals surface area (Å²) in [7, 11) is -3.56. The number of nitrogens with one attached hydrogen (secondary N) is 1. The number of piperidine rings is 1. The van der Waals surface area contributed by atoms with Gasteiger partial charge in [-0.25, -0.2) is 8.42 Å². The van der Waals surface area contributed by atoms with Gasteiger partial charge in [0.05, 0.1) is 11.9 Å². The Morgan fingerprint density at radius 1 is 1.00 bits per heavy atom. The lowest BCUT2D eigenvalue weighted by Gasteiger charge is -2.28. The molecular formula is C20H25N3O3S. The van der Waals surface area contributed by atoms with Gasteiger partial charge in [-0.15, -0.1) is 0 Å². The van der Waals surface area contributed by atoms with Crippen LogP contribution in [-0.2, 0) is 14.8 Å². The van der Waals surface area contributed by atoms with Crippen LogP contribution < -0.4 is 14.5 Å². The lowest BCUT2D eigenvalue weighted by Crippen LogP contribution is -2.37. The molecule has 0 atom stereocenters. The molecule has 1 N–H and O–H groups in total. The summed E-state index contributed by atoms with van der Waals surface area (Å²) >= 11 is 0. The van der Waals surface area contributed by atoms with Crippen molar-refractivity contribution in [2.75, 3.05) is 40.4 Å². The Kier molecular flexibility index (Phi) is 6.01. The zero-order valence-corrected chi connectivity index (χ0v) is 16.3. The molecule has 7 heteroatoms. The fraction of sp³-hybridized carbons (Fsp3) is 0.350. The van der Waals surface area contributed by atoms with Gasteiger partial charge in [0, 0.05) is 24.5 Å². The van der Waals surface area contributed by atoms with Crippen LogP contribution in [0.1, 0.15) is 19.3 Å². The molecule has 0 spiro atoms. The van der Waals surface area contributed by atoms with Crippen LogP contribution >= 0.6 is 0 Å². The van der Waals surface area contributed by atoms with E-state index in [4.69, 9.17) is 0 Å². The molecule has 0 saturated carbocycles. The van der Waals surface area contributed by atoms with Gasteiger partial charge in [0.15, 0.2) is 0 Å². The summed E-state index contributed by atoms with van der Waals surface area (Å²) in [5, 5.41) is 2.78. The van der Waals surface area contributed by atoms with E-state index in [1.165, 1.54) is 19.3 Å². The fourth-order valence-electron chi connectivity index (χ4n) is 3.23. The van der Waals surface area contributed by atoms with Crippen LogP contribution in [0.2, 0.25) is 0 Å². The van der Waals surface area contributed by atoms with Crippen molar-refractivity contribution in [3.63, 3.8) is 0 Å². The summed E-state index contributed by atoms with van der Waals surface area (Å²) in [6.45, 7) is 1.86. The zero-order chi connectivity index (χ0) is 19.3. The van der Waals surface area contributed by atoms with Crippen LogP contribution in [0.3, 0.4) is 0 Å². The average molecular weight is 388 g/mol. The Morgan fingerprint density at radius 3 is 2.22 bits per heavy atom. The topological polar surface area (TPSA) is 69.7 Å². The number of nitrogens with zero attached hydrogens (tertiary/aromatic N) is 2. The van der Waals surface area contributed by atoms with Crippen LogP contribution in [0.15, 0.2) is 54.6 Å². The molecule has 2 aromatic rings. The van der Waals surface area contributed by atoms with Gasteiger partial charge in [-0.1, -0.05) is 18.2 Å². The molecule has 1 heterocycles. The SMILES string of the molecule is CS(=O)(=O)N(CC(=O)Nc1ccc(N2CCCCC2)cc1)c1ccccc1. The molecule has 1 saturated heterocycles. The second-order valence-corrected chi connectivity index (χ2v) is 8.65. The number of amides is 1. The largest absolute Gasteiger partial charge is 0.372 e. The molecule has 2 aromatic carbocycles. The molecule has 0 aromatic heterocycles. The van der Waals surface area contributed by atoms with E-state index >= 15 is 0 Å². The molecule has 6 nitrogen and oxygen atoms in total. The van der Waals surface area contributed by atoms with Gasteiger partial charge in [0.1, 0.15) is 6.54 Å². The summed E-state index contributed by atoms with van der Waals surface area (Å²) in [6, 6.07) is 16.3. The van der Waals surface area contributed by atoms with E-state index < -0.39 is 10.0 Å². The van der Waals surface area contributed by atoms with Gasteiger partial charge >= 0.3 is 0 Å². The number of sulfonamides is 1. The van der Waals surface area contributed by atoms with E-state index in [2.05, 4.69) is 10.2 Å². The predicted octanol–water partition coefficient (Wildman–Crippen LogP) is 3.08. The number of hydrogen-bond acceptors (Lipinski definition) is 4. The molecule has 0 bridgehead atoms. The van der Waals surface area contributed by atoms with Crippen molar-refractivity contribution in [2.45, 2.75) is 19.3 Å². The predicted molar refractivity (Wildman–Crippen MR) is 110 cm³/mol. The zero-order valence-electron chi connectivity index (χ0n) is 15.5. The maximum atomic E-state index is 12.4. The monoisotopic (exact) mass is 387 g/mol. The van der Waals surface area contributed by atoms with Gasteiger partial charge < -0.3 is 10.2 Å². The van der Waals surface area contributed by atoms with Crippen molar-refractivity contribution in [1.29, 1.82) is 0 Å². The summed E-state index contributed by atoms with van der Waals surface area (Å²) in [5.74, 6) is -0.380.